The topological polar surface area (TPSA) is 24.9 Å². The highest BCUT2D eigenvalue weighted by Gasteiger charge is 2.30. The van der Waals surface area contributed by atoms with E-state index in [1.807, 2.05) is 24.4 Å². The standard InChI is InChI=1S/C12H11F3N2S/c1-8(10-3-2-6-18-10)17-11-5-4-9(7-16-11)12(13,14)15/h2-8H,1H3,(H,16,17). The van der Waals surface area contributed by atoms with Crippen LogP contribution in [-0.2, 0) is 6.18 Å². The van der Waals surface area contributed by atoms with E-state index in [1.54, 1.807) is 11.3 Å². The van der Waals surface area contributed by atoms with Crippen LogP contribution in [0.25, 0.3) is 0 Å². The van der Waals surface area contributed by atoms with E-state index in [-0.39, 0.29) is 6.04 Å². The lowest BCUT2D eigenvalue weighted by atomic mass is 10.2. The van der Waals surface area contributed by atoms with Gasteiger partial charge in [0.15, 0.2) is 0 Å². The second-order valence-electron chi connectivity index (χ2n) is 3.81. The van der Waals surface area contributed by atoms with E-state index in [2.05, 4.69) is 10.3 Å². The van der Waals surface area contributed by atoms with Crippen molar-refractivity contribution in [3.63, 3.8) is 0 Å². The first-order valence-corrected chi connectivity index (χ1v) is 6.18. The van der Waals surface area contributed by atoms with Crippen molar-refractivity contribution in [1.82, 2.24) is 4.98 Å². The summed E-state index contributed by atoms with van der Waals surface area (Å²) in [6.07, 6.45) is -3.51. The first-order valence-electron chi connectivity index (χ1n) is 5.30. The van der Waals surface area contributed by atoms with Crippen LogP contribution in [0.5, 0.6) is 0 Å². The summed E-state index contributed by atoms with van der Waals surface area (Å²) in [7, 11) is 0. The highest BCUT2D eigenvalue weighted by molar-refractivity contribution is 7.10. The summed E-state index contributed by atoms with van der Waals surface area (Å²) in [5.41, 5.74) is -0.739. The maximum absolute atomic E-state index is 12.3. The van der Waals surface area contributed by atoms with E-state index in [9.17, 15) is 13.2 Å². The summed E-state index contributed by atoms with van der Waals surface area (Å²) in [5.74, 6) is 0.434. The molecule has 0 aliphatic rings. The molecule has 1 atom stereocenters. The summed E-state index contributed by atoms with van der Waals surface area (Å²) in [4.78, 5) is 4.88. The third kappa shape index (κ3) is 3.01. The molecule has 0 bridgehead atoms. The number of alkyl halides is 3. The molecule has 2 heterocycles. The Labute approximate surface area is 106 Å². The summed E-state index contributed by atoms with van der Waals surface area (Å²) in [6.45, 7) is 1.94. The van der Waals surface area contributed by atoms with Crippen LogP contribution in [0.2, 0.25) is 0 Å². The van der Waals surface area contributed by atoms with Crippen molar-refractivity contribution >= 4 is 17.2 Å². The zero-order valence-electron chi connectivity index (χ0n) is 9.53. The second-order valence-corrected chi connectivity index (χ2v) is 4.79. The van der Waals surface area contributed by atoms with Gasteiger partial charge in [0.1, 0.15) is 5.82 Å². The Kier molecular flexibility index (Phi) is 3.56. The van der Waals surface area contributed by atoms with E-state index in [0.717, 1.165) is 17.1 Å². The first kappa shape index (κ1) is 12.9. The maximum atomic E-state index is 12.3. The molecule has 0 aromatic carbocycles. The van der Waals surface area contributed by atoms with Gasteiger partial charge in [-0.15, -0.1) is 11.3 Å². The molecule has 2 nitrogen and oxygen atoms in total. The molecular formula is C12H11F3N2S. The lowest BCUT2D eigenvalue weighted by Crippen LogP contribution is -2.09. The summed E-state index contributed by atoms with van der Waals surface area (Å²) >= 11 is 1.59. The molecule has 1 unspecified atom stereocenters. The molecule has 1 N–H and O–H groups in total. The van der Waals surface area contributed by atoms with Crippen LogP contribution in [0.4, 0.5) is 19.0 Å². The van der Waals surface area contributed by atoms with E-state index in [1.165, 1.54) is 6.07 Å². The van der Waals surface area contributed by atoms with Crippen molar-refractivity contribution in [1.29, 1.82) is 0 Å². The molecule has 96 valence electrons. The van der Waals surface area contributed by atoms with E-state index < -0.39 is 11.7 Å². The van der Waals surface area contributed by atoms with Crippen LogP contribution in [-0.4, -0.2) is 4.98 Å². The maximum Gasteiger partial charge on any atom is 0.417 e. The third-order valence-electron chi connectivity index (χ3n) is 2.43. The Balaban J connectivity index is 2.07. The average molecular weight is 272 g/mol. The molecule has 0 saturated carbocycles. The van der Waals surface area contributed by atoms with Gasteiger partial charge in [-0.1, -0.05) is 6.07 Å². The van der Waals surface area contributed by atoms with Crippen LogP contribution >= 0.6 is 11.3 Å². The molecule has 0 fully saturated rings. The highest BCUT2D eigenvalue weighted by Crippen LogP contribution is 2.29. The molecule has 2 aromatic rings. The molecule has 0 saturated heterocycles. The molecule has 0 aliphatic carbocycles. The SMILES string of the molecule is CC(Nc1ccc(C(F)(F)F)cn1)c1cccs1. The van der Waals surface area contributed by atoms with Crippen molar-refractivity contribution in [3.8, 4) is 0 Å². The van der Waals surface area contributed by atoms with Gasteiger partial charge < -0.3 is 5.32 Å². The number of thiophene rings is 1. The van der Waals surface area contributed by atoms with Crippen molar-refractivity contribution < 1.29 is 13.2 Å². The minimum absolute atomic E-state index is 0.0224. The molecular weight excluding hydrogens is 261 g/mol. The van der Waals surface area contributed by atoms with E-state index in [0.29, 0.717) is 5.82 Å². The fraction of sp³-hybridized carbons (Fsp3) is 0.250. The number of nitrogens with zero attached hydrogens (tertiary/aromatic N) is 1. The second kappa shape index (κ2) is 4.97. The molecule has 2 aromatic heterocycles. The summed E-state index contributed by atoms with van der Waals surface area (Å²) in [6, 6.07) is 6.28. The van der Waals surface area contributed by atoms with Gasteiger partial charge in [0.25, 0.3) is 0 Å². The number of anilines is 1. The molecule has 2 rings (SSSR count). The van der Waals surface area contributed by atoms with E-state index in [4.69, 9.17) is 0 Å². The lowest BCUT2D eigenvalue weighted by Gasteiger charge is -2.13. The van der Waals surface area contributed by atoms with Crippen molar-refractivity contribution in [2.45, 2.75) is 19.1 Å². The van der Waals surface area contributed by atoms with Crippen molar-refractivity contribution in [2.24, 2.45) is 0 Å². The van der Waals surface area contributed by atoms with Gasteiger partial charge in [-0.25, -0.2) is 4.98 Å². The van der Waals surface area contributed by atoms with Gasteiger partial charge in [-0.05, 0) is 30.5 Å². The van der Waals surface area contributed by atoms with Crippen LogP contribution in [0.15, 0.2) is 35.8 Å². The number of aromatic nitrogens is 1. The minimum atomic E-state index is -4.34. The Morgan fingerprint density at radius 1 is 1.28 bits per heavy atom. The van der Waals surface area contributed by atoms with Gasteiger partial charge in [0.2, 0.25) is 0 Å². The predicted octanol–water partition coefficient (Wildman–Crippen LogP) is 4.34. The minimum Gasteiger partial charge on any atom is -0.363 e. The number of nitrogens with one attached hydrogen (secondary N) is 1. The molecule has 6 heteroatoms. The van der Waals surface area contributed by atoms with Gasteiger partial charge >= 0.3 is 6.18 Å². The highest BCUT2D eigenvalue weighted by atomic mass is 32.1. The molecule has 0 amide bonds. The lowest BCUT2D eigenvalue weighted by molar-refractivity contribution is -0.137. The Hall–Kier alpha value is -1.56. The summed E-state index contributed by atoms with van der Waals surface area (Å²) in [5, 5.41) is 5.01. The van der Waals surface area contributed by atoms with Gasteiger partial charge in [-0.2, -0.15) is 13.2 Å². The largest absolute Gasteiger partial charge is 0.417 e. The number of hydrogen-bond donors (Lipinski definition) is 1. The zero-order chi connectivity index (χ0) is 13.2. The number of rotatable bonds is 3. The van der Waals surface area contributed by atoms with Crippen LogP contribution in [0.1, 0.15) is 23.4 Å². The third-order valence-corrected chi connectivity index (χ3v) is 3.48. The van der Waals surface area contributed by atoms with Gasteiger partial charge in [0, 0.05) is 11.1 Å². The van der Waals surface area contributed by atoms with Crippen LogP contribution in [0.3, 0.4) is 0 Å². The quantitative estimate of drug-likeness (QED) is 0.899. The fourth-order valence-corrected chi connectivity index (χ4v) is 2.21. The van der Waals surface area contributed by atoms with Gasteiger partial charge in [0.05, 0.1) is 11.6 Å². The smallest absolute Gasteiger partial charge is 0.363 e. The normalized spacial score (nSPS) is 13.3. The average Bonchev–Trinajstić information content (AvgIpc) is 2.82. The molecule has 0 spiro atoms. The van der Waals surface area contributed by atoms with Crippen LogP contribution in [0, 0.1) is 0 Å². The first-order chi connectivity index (χ1) is 8.47. The Morgan fingerprint density at radius 2 is 2.06 bits per heavy atom. The van der Waals surface area contributed by atoms with E-state index >= 15 is 0 Å². The predicted molar refractivity (Wildman–Crippen MR) is 65.6 cm³/mol. The number of pyridine rings is 1. The van der Waals surface area contributed by atoms with Crippen LogP contribution < -0.4 is 5.32 Å². The number of hydrogen-bond acceptors (Lipinski definition) is 3. The molecule has 18 heavy (non-hydrogen) atoms. The molecule has 0 radical (unpaired) electrons. The van der Waals surface area contributed by atoms with Crippen molar-refractivity contribution in [2.75, 3.05) is 5.32 Å². The number of halogens is 3. The monoisotopic (exact) mass is 272 g/mol. The molecule has 0 aliphatic heterocycles. The summed E-state index contributed by atoms with van der Waals surface area (Å²) < 4.78 is 37.0. The zero-order valence-corrected chi connectivity index (χ0v) is 10.3. The fourth-order valence-electron chi connectivity index (χ4n) is 1.48. The Bertz CT molecular complexity index is 491. The Morgan fingerprint density at radius 3 is 2.56 bits per heavy atom. The van der Waals surface area contributed by atoms with Crippen molar-refractivity contribution in [3.05, 3.63) is 46.3 Å². The van der Waals surface area contributed by atoms with Gasteiger partial charge in [-0.3, -0.25) is 0 Å².